The Morgan fingerprint density at radius 1 is 1.43 bits per heavy atom. The molecule has 0 spiro atoms. The number of benzene rings is 1. The number of hydrogen-bond acceptors (Lipinski definition) is 4. The molecule has 1 aliphatic rings. The number of carboxylic acids is 1. The van der Waals surface area contributed by atoms with E-state index in [0.717, 1.165) is 23.7 Å². The normalized spacial score (nSPS) is 13.9. The number of carbonyl (C=O) groups is 1. The molecule has 3 rings (SSSR count). The lowest BCUT2D eigenvalue weighted by Gasteiger charge is -2.24. The van der Waals surface area contributed by atoms with Gasteiger partial charge in [-0.15, -0.1) is 0 Å². The Morgan fingerprint density at radius 3 is 2.86 bits per heavy atom. The molecule has 21 heavy (non-hydrogen) atoms. The van der Waals surface area contributed by atoms with Crippen LogP contribution in [0.4, 0.5) is 5.82 Å². The van der Waals surface area contributed by atoms with Gasteiger partial charge in [-0.2, -0.15) is 5.26 Å². The molecule has 0 atom stereocenters. The Bertz CT molecular complexity index is 732. The first-order chi connectivity index (χ1) is 10.2. The monoisotopic (exact) mass is 281 g/mol. The first-order valence-electron chi connectivity index (χ1n) is 6.97. The standard InChI is InChI=1S/C16H15N3O2/c17-10-12-9-11-3-1-2-4-14(11)18-16(12)19(13-5-6-13)8-7-15(20)21/h1-4,9,13H,5-8H2,(H,20,21). The Labute approximate surface area is 122 Å². The van der Waals surface area contributed by atoms with Crippen LogP contribution in [0.5, 0.6) is 0 Å². The van der Waals surface area contributed by atoms with Gasteiger partial charge in [0.25, 0.3) is 0 Å². The fourth-order valence-electron chi connectivity index (χ4n) is 2.47. The molecule has 0 amide bonds. The molecule has 1 heterocycles. The number of hydrogen-bond donors (Lipinski definition) is 1. The van der Waals surface area contributed by atoms with Gasteiger partial charge in [0.1, 0.15) is 11.9 Å². The van der Waals surface area contributed by atoms with Gasteiger partial charge < -0.3 is 10.0 Å². The predicted octanol–water partition coefficient (Wildman–Crippen LogP) is 2.55. The fraction of sp³-hybridized carbons (Fsp3) is 0.312. The van der Waals surface area contributed by atoms with Crippen molar-refractivity contribution in [2.75, 3.05) is 11.4 Å². The van der Waals surface area contributed by atoms with Crippen LogP contribution in [0.3, 0.4) is 0 Å². The molecule has 0 radical (unpaired) electrons. The molecule has 1 fully saturated rings. The number of aliphatic carboxylic acids is 1. The highest BCUT2D eigenvalue weighted by atomic mass is 16.4. The van der Waals surface area contributed by atoms with Gasteiger partial charge in [0.15, 0.2) is 0 Å². The SMILES string of the molecule is N#Cc1cc2ccccc2nc1N(CCC(=O)O)C1CC1. The molecular formula is C16H15N3O2. The van der Waals surface area contributed by atoms with Crippen molar-refractivity contribution < 1.29 is 9.90 Å². The van der Waals surface area contributed by atoms with E-state index >= 15 is 0 Å². The molecule has 0 bridgehead atoms. The fourth-order valence-corrected chi connectivity index (χ4v) is 2.47. The first-order valence-corrected chi connectivity index (χ1v) is 6.97. The van der Waals surface area contributed by atoms with Crippen LogP contribution in [0.2, 0.25) is 0 Å². The Hall–Kier alpha value is -2.61. The molecule has 106 valence electrons. The summed E-state index contributed by atoms with van der Waals surface area (Å²) in [6, 6.07) is 12.0. The number of nitriles is 1. The average Bonchev–Trinajstić information content (AvgIpc) is 3.31. The van der Waals surface area contributed by atoms with Crippen LogP contribution in [-0.4, -0.2) is 28.6 Å². The van der Waals surface area contributed by atoms with E-state index in [2.05, 4.69) is 11.1 Å². The van der Waals surface area contributed by atoms with E-state index in [1.54, 1.807) is 0 Å². The van der Waals surface area contributed by atoms with Crippen LogP contribution in [0.1, 0.15) is 24.8 Å². The van der Waals surface area contributed by atoms with Gasteiger partial charge in [0, 0.05) is 18.0 Å². The average molecular weight is 281 g/mol. The van der Waals surface area contributed by atoms with Gasteiger partial charge in [-0.05, 0) is 25.0 Å². The molecule has 2 aromatic rings. The van der Waals surface area contributed by atoms with Crippen molar-refractivity contribution in [1.82, 2.24) is 4.98 Å². The second-order valence-corrected chi connectivity index (χ2v) is 5.23. The molecular weight excluding hydrogens is 266 g/mol. The number of para-hydroxylation sites is 1. The Kier molecular flexibility index (Phi) is 3.44. The highest BCUT2D eigenvalue weighted by Crippen LogP contribution is 2.33. The van der Waals surface area contributed by atoms with Gasteiger partial charge in [-0.1, -0.05) is 18.2 Å². The van der Waals surface area contributed by atoms with E-state index in [1.165, 1.54) is 0 Å². The van der Waals surface area contributed by atoms with Crippen LogP contribution in [0.15, 0.2) is 30.3 Å². The molecule has 0 aliphatic heterocycles. The zero-order chi connectivity index (χ0) is 14.8. The second-order valence-electron chi connectivity index (χ2n) is 5.23. The third-order valence-electron chi connectivity index (χ3n) is 3.65. The maximum absolute atomic E-state index is 10.8. The number of nitrogens with zero attached hydrogens (tertiary/aromatic N) is 3. The van der Waals surface area contributed by atoms with Crippen molar-refractivity contribution >= 4 is 22.7 Å². The Morgan fingerprint density at radius 2 is 2.19 bits per heavy atom. The van der Waals surface area contributed by atoms with Crippen LogP contribution >= 0.6 is 0 Å². The van der Waals surface area contributed by atoms with E-state index < -0.39 is 5.97 Å². The zero-order valence-corrected chi connectivity index (χ0v) is 11.5. The highest BCUT2D eigenvalue weighted by Gasteiger charge is 2.31. The van der Waals surface area contributed by atoms with E-state index in [0.29, 0.717) is 24.0 Å². The third-order valence-corrected chi connectivity index (χ3v) is 3.65. The summed E-state index contributed by atoms with van der Waals surface area (Å²) in [6.07, 6.45) is 2.11. The lowest BCUT2D eigenvalue weighted by Crippen LogP contribution is -2.30. The van der Waals surface area contributed by atoms with Crippen molar-refractivity contribution in [2.45, 2.75) is 25.3 Å². The van der Waals surface area contributed by atoms with Crippen molar-refractivity contribution in [2.24, 2.45) is 0 Å². The Balaban J connectivity index is 2.03. The predicted molar refractivity (Wildman–Crippen MR) is 79.1 cm³/mol. The number of aromatic nitrogens is 1. The van der Waals surface area contributed by atoms with Gasteiger partial charge in [-0.25, -0.2) is 4.98 Å². The quantitative estimate of drug-likeness (QED) is 0.911. The molecule has 0 unspecified atom stereocenters. The van der Waals surface area contributed by atoms with Crippen LogP contribution in [0, 0.1) is 11.3 Å². The van der Waals surface area contributed by atoms with Crippen LogP contribution in [-0.2, 0) is 4.79 Å². The van der Waals surface area contributed by atoms with Gasteiger partial charge in [0.2, 0.25) is 0 Å². The van der Waals surface area contributed by atoms with E-state index in [4.69, 9.17) is 5.11 Å². The summed E-state index contributed by atoms with van der Waals surface area (Å²) in [5.74, 6) is -0.222. The number of rotatable bonds is 5. The van der Waals surface area contributed by atoms with Crippen LogP contribution < -0.4 is 4.90 Å². The van der Waals surface area contributed by atoms with E-state index in [9.17, 15) is 10.1 Å². The lowest BCUT2D eigenvalue weighted by atomic mass is 10.1. The highest BCUT2D eigenvalue weighted by molar-refractivity contribution is 5.83. The number of pyridine rings is 1. The summed E-state index contributed by atoms with van der Waals surface area (Å²) in [4.78, 5) is 17.4. The van der Waals surface area contributed by atoms with Crippen molar-refractivity contribution in [1.29, 1.82) is 5.26 Å². The summed E-state index contributed by atoms with van der Waals surface area (Å²) in [5.41, 5.74) is 1.33. The first kappa shape index (κ1) is 13.4. The molecule has 1 saturated carbocycles. The molecule has 1 aliphatic carbocycles. The third kappa shape index (κ3) is 2.79. The molecule has 1 N–H and O–H groups in total. The van der Waals surface area contributed by atoms with Crippen molar-refractivity contribution in [3.63, 3.8) is 0 Å². The summed E-state index contributed by atoms with van der Waals surface area (Å²) >= 11 is 0. The molecule has 1 aromatic carbocycles. The van der Waals surface area contributed by atoms with E-state index in [1.807, 2.05) is 35.2 Å². The van der Waals surface area contributed by atoms with Crippen molar-refractivity contribution in [3.8, 4) is 6.07 Å². The maximum Gasteiger partial charge on any atom is 0.305 e. The molecule has 0 saturated heterocycles. The van der Waals surface area contributed by atoms with Gasteiger partial charge in [0.05, 0.1) is 17.5 Å². The number of anilines is 1. The van der Waals surface area contributed by atoms with Crippen LogP contribution in [0.25, 0.3) is 10.9 Å². The minimum absolute atomic E-state index is 0.0515. The smallest absolute Gasteiger partial charge is 0.305 e. The minimum atomic E-state index is -0.833. The second kappa shape index (κ2) is 5.41. The maximum atomic E-state index is 10.8. The zero-order valence-electron chi connectivity index (χ0n) is 11.5. The number of carboxylic acid groups (broad SMARTS) is 1. The summed E-state index contributed by atoms with van der Waals surface area (Å²) in [7, 11) is 0. The molecule has 5 nitrogen and oxygen atoms in total. The molecule has 5 heteroatoms. The number of fused-ring (bicyclic) bond motifs is 1. The van der Waals surface area contributed by atoms with Gasteiger partial charge >= 0.3 is 5.97 Å². The summed E-state index contributed by atoms with van der Waals surface area (Å²) < 4.78 is 0. The molecule has 1 aromatic heterocycles. The topological polar surface area (TPSA) is 77.2 Å². The lowest BCUT2D eigenvalue weighted by molar-refractivity contribution is -0.136. The largest absolute Gasteiger partial charge is 0.481 e. The van der Waals surface area contributed by atoms with Gasteiger partial charge in [-0.3, -0.25) is 4.79 Å². The summed E-state index contributed by atoms with van der Waals surface area (Å²) in [5, 5.41) is 19.2. The van der Waals surface area contributed by atoms with E-state index in [-0.39, 0.29) is 6.42 Å². The van der Waals surface area contributed by atoms with Crippen molar-refractivity contribution in [3.05, 3.63) is 35.9 Å². The minimum Gasteiger partial charge on any atom is -0.481 e. The summed E-state index contributed by atoms with van der Waals surface area (Å²) in [6.45, 7) is 0.389.